The maximum atomic E-state index is 9.40. The van der Waals surface area contributed by atoms with Crippen molar-refractivity contribution < 1.29 is 20.1 Å². The highest BCUT2D eigenvalue weighted by Crippen LogP contribution is 1.61. The van der Waals surface area contributed by atoms with Crippen LogP contribution in [0.15, 0.2) is 12.2 Å². The molecule has 0 heterocycles. The van der Waals surface area contributed by atoms with Crippen LogP contribution in [0.4, 0.5) is 0 Å². The van der Waals surface area contributed by atoms with Gasteiger partial charge in [0.15, 0.2) is 0 Å². The average Bonchev–Trinajstić information content (AvgIpc) is 1.89. The first-order valence-electron chi connectivity index (χ1n) is 3.60. The van der Waals surface area contributed by atoms with Gasteiger partial charge in [-0.05, 0) is 13.0 Å². The molecule has 0 aromatic carbocycles. The molecule has 98 valence electrons. The number of carbonyl (C=O) groups is 1. The van der Waals surface area contributed by atoms with Gasteiger partial charge in [0.2, 0.25) is 0 Å². The van der Waals surface area contributed by atoms with Crippen molar-refractivity contribution in [3.8, 4) is 0 Å². The van der Waals surface area contributed by atoms with Crippen molar-refractivity contribution in [2.75, 3.05) is 13.2 Å². The summed E-state index contributed by atoms with van der Waals surface area (Å²) in [5.74, 6) is -1.14. The van der Waals surface area contributed by atoms with Gasteiger partial charge in [0.25, 0.3) is 0 Å². The van der Waals surface area contributed by atoms with Crippen LogP contribution in [0.3, 0.4) is 0 Å². The first-order chi connectivity index (χ1) is 5.60. The van der Waals surface area contributed by atoms with Crippen LogP contribution in [0, 0.1) is 0 Å². The molecule has 0 amide bonds. The molecule has 0 fully saturated rings. The van der Waals surface area contributed by atoms with E-state index in [4.69, 9.17) is 10.2 Å². The zero-order valence-electron chi connectivity index (χ0n) is 10.7. The van der Waals surface area contributed by atoms with E-state index in [0.29, 0.717) is 0 Å². The van der Waals surface area contributed by atoms with Gasteiger partial charge >= 0.3 is 0 Å². The molecule has 0 saturated carbocycles. The Bertz CT molecular complexity index is 108. The molecule has 0 aromatic heterocycles. The lowest BCUT2D eigenvalue weighted by molar-refractivity contribution is -0.362. The van der Waals surface area contributed by atoms with Crippen molar-refractivity contribution in [3.05, 3.63) is 12.2 Å². The third-order valence-corrected chi connectivity index (χ3v) is 0.303. The lowest BCUT2D eigenvalue weighted by Crippen LogP contribution is -2.18. The maximum absolute atomic E-state index is 9.40. The zero-order valence-corrected chi connectivity index (χ0v) is 10.7. The fourth-order valence-corrected chi connectivity index (χ4v) is 0.136. The number of carboxylic acid groups (broad SMARTS) is 1. The lowest BCUT2D eigenvalue weighted by Gasteiger charge is -1.83. The molecule has 0 radical (unpaired) electrons. The van der Waals surface area contributed by atoms with E-state index in [1.807, 2.05) is 0 Å². The number of rotatable bonds is 1. The van der Waals surface area contributed by atoms with Crippen molar-refractivity contribution in [2.24, 2.45) is 0 Å². The maximum Gasteiger partial charge on any atom is 0.0639 e. The number of hydrogen-bond acceptors (Lipinski definition) is 4. The second-order valence-corrected chi connectivity index (χ2v) is 1.40. The summed E-state index contributed by atoms with van der Waals surface area (Å²) in [6, 6.07) is 0. The van der Waals surface area contributed by atoms with E-state index in [9.17, 15) is 9.90 Å². The Hall–Kier alpha value is -0.990. The third kappa shape index (κ3) is 390. The molecular formula is C8H27N3O4. The number of carboxylic acids is 1. The number of carbonyl (C=O) groups excluding carboxylic acids is 1. The Balaban J connectivity index is -0.0000000200. The molecule has 0 aliphatic rings. The molecule has 0 atom stereocenters. The zero-order chi connectivity index (χ0) is 10.4. The highest BCUT2D eigenvalue weighted by Gasteiger charge is 1.61. The lowest BCUT2D eigenvalue weighted by atomic mass is 10.5. The van der Waals surface area contributed by atoms with Crippen LogP contribution in [0.25, 0.3) is 0 Å². The summed E-state index contributed by atoms with van der Waals surface area (Å²) in [5, 5.41) is 27.3. The SMILES string of the molecule is CC=CC(=O)[O-].CC[O-].CC[O-].[NH4+].[NH4+].[NH4+]. The largest absolute Gasteiger partial charge is 0.855 e. The van der Waals surface area contributed by atoms with Crippen molar-refractivity contribution >= 4 is 5.97 Å². The molecule has 7 nitrogen and oxygen atoms in total. The normalized spacial score (nSPS) is 6.20. The van der Waals surface area contributed by atoms with Gasteiger partial charge in [0.1, 0.15) is 0 Å². The highest BCUT2D eigenvalue weighted by molar-refractivity contribution is 5.77. The minimum Gasteiger partial charge on any atom is -0.855 e. The standard InChI is InChI=1S/C4H6O2.2C2H5O.3H3N/c1-2-3-4(5)6;2*1-2-3;;;/h2-3H,1H3,(H,5,6);2*2H2,1H3;3*1H3/q;2*-1;;;/p+2. The molecule has 0 aromatic rings. The molecule has 0 aliphatic carbocycles. The Morgan fingerprint density at radius 2 is 1.27 bits per heavy atom. The van der Waals surface area contributed by atoms with Crippen LogP contribution in [0.2, 0.25) is 0 Å². The topological polar surface area (TPSA) is 196 Å². The molecule has 0 saturated heterocycles. The van der Waals surface area contributed by atoms with E-state index in [1.54, 1.807) is 20.8 Å². The van der Waals surface area contributed by atoms with E-state index < -0.39 is 5.97 Å². The predicted octanol–water partition coefficient (Wildman–Crippen LogP) is -0.826. The van der Waals surface area contributed by atoms with Crippen molar-refractivity contribution in [2.45, 2.75) is 20.8 Å². The summed E-state index contributed by atoms with van der Waals surface area (Å²) in [5.41, 5.74) is 0. The van der Waals surface area contributed by atoms with Crippen LogP contribution < -0.4 is 33.8 Å². The predicted molar refractivity (Wildman–Crippen MR) is 58.9 cm³/mol. The summed E-state index contributed by atoms with van der Waals surface area (Å²) >= 11 is 0. The van der Waals surface area contributed by atoms with Gasteiger partial charge in [-0.25, -0.2) is 0 Å². The molecule has 15 heavy (non-hydrogen) atoms. The van der Waals surface area contributed by atoms with E-state index >= 15 is 0 Å². The second kappa shape index (κ2) is 52.0. The molecule has 0 bridgehead atoms. The smallest absolute Gasteiger partial charge is 0.0639 e. The van der Waals surface area contributed by atoms with Crippen molar-refractivity contribution in [1.82, 2.24) is 18.5 Å². The summed E-state index contributed by atoms with van der Waals surface area (Å²) in [6.07, 6.45) is 2.38. The van der Waals surface area contributed by atoms with Gasteiger partial charge < -0.3 is 38.6 Å². The summed E-state index contributed by atoms with van der Waals surface area (Å²) < 4.78 is 0. The molecule has 0 spiro atoms. The van der Waals surface area contributed by atoms with Crippen LogP contribution >= 0.6 is 0 Å². The van der Waals surface area contributed by atoms with Crippen molar-refractivity contribution in [1.29, 1.82) is 0 Å². The van der Waals surface area contributed by atoms with E-state index in [1.165, 1.54) is 6.08 Å². The monoisotopic (exact) mass is 229 g/mol. The molecule has 0 rings (SSSR count). The van der Waals surface area contributed by atoms with Crippen LogP contribution in [-0.2, 0) is 4.79 Å². The summed E-state index contributed by atoms with van der Waals surface area (Å²) in [4.78, 5) is 9.40. The van der Waals surface area contributed by atoms with Crippen LogP contribution in [-0.4, -0.2) is 19.2 Å². The van der Waals surface area contributed by atoms with Gasteiger partial charge in [-0.15, -0.1) is 13.2 Å². The van der Waals surface area contributed by atoms with E-state index in [2.05, 4.69) is 0 Å². The average molecular weight is 229 g/mol. The second-order valence-electron chi connectivity index (χ2n) is 1.40. The summed E-state index contributed by atoms with van der Waals surface area (Å²) in [7, 11) is 0. The fraction of sp³-hybridized carbons (Fsp3) is 0.625. The number of quaternary nitrogens is 3. The fourth-order valence-electron chi connectivity index (χ4n) is 0.136. The molecule has 0 aliphatic heterocycles. The summed E-state index contributed by atoms with van der Waals surface area (Å²) in [6.45, 7) is 4.76. The molecule has 7 heteroatoms. The first-order valence-corrected chi connectivity index (χ1v) is 3.60. The van der Waals surface area contributed by atoms with Gasteiger partial charge in [0.05, 0.1) is 5.97 Å². The molecular weight excluding hydrogens is 202 g/mol. The minimum atomic E-state index is -1.14. The van der Waals surface area contributed by atoms with Crippen LogP contribution in [0.1, 0.15) is 20.8 Å². The number of aliphatic carboxylic acids is 1. The minimum absolute atomic E-state index is 0. The van der Waals surface area contributed by atoms with E-state index in [-0.39, 0.29) is 31.7 Å². The quantitative estimate of drug-likeness (QED) is 0.493. The Labute approximate surface area is 91.6 Å². The number of hydrogen-bond donors (Lipinski definition) is 3. The van der Waals surface area contributed by atoms with E-state index in [0.717, 1.165) is 6.08 Å². The van der Waals surface area contributed by atoms with Gasteiger partial charge in [-0.1, -0.05) is 19.9 Å². The van der Waals surface area contributed by atoms with Gasteiger partial charge in [-0.3, -0.25) is 0 Å². The Morgan fingerprint density at radius 1 is 1.07 bits per heavy atom. The highest BCUT2D eigenvalue weighted by atomic mass is 16.4. The van der Waals surface area contributed by atoms with Crippen LogP contribution in [0.5, 0.6) is 0 Å². The first kappa shape index (κ1) is 37.0. The van der Waals surface area contributed by atoms with Gasteiger partial charge in [-0.2, -0.15) is 0 Å². The Morgan fingerprint density at radius 3 is 1.27 bits per heavy atom. The van der Waals surface area contributed by atoms with Gasteiger partial charge in [0, 0.05) is 0 Å². The molecule has 12 N–H and O–H groups in total. The Kier molecular flexibility index (Phi) is 128. The number of allylic oxidation sites excluding steroid dienone is 1. The molecule has 0 unspecified atom stereocenters. The van der Waals surface area contributed by atoms with Crippen molar-refractivity contribution in [3.63, 3.8) is 0 Å². The third-order valence-electron chi connectivity index (χ3n) is 0.303.